The topological polar surface area (TPSA) is 81.4 Å². The number of benzene rings is 2. The number of esters is 1. The molecule has 2 unspecified atom stereocenters. The number of aromatic nitrogens is 1. The molecule has 1 saturated heterocycles. The highest BCUT2D eigenvalue weighted by atomic mass is 16.5. The molecule has 0 bridgehead atoms. The summed E-state index contributed by atoms with van der Waals surface area (Å²) in [5, 5.41) is 7.01. The minimum absolute atomic E-state index is 0.116. The Labute approximate surface area is 186 Å². The summed E-state index contributed by atoms with van der Waals surface area (Å²) in [6, 6.07) is 17.1. The van der Waals surface area contributed by atoms with Gasteiger partial charge in [-0.05, 0) is 43.9 Å². The second kappa shape index (κ2) is 7.79. The van der Waals surface area contributed by atoms with Gasteiger partial charge in [-0.15, -0.1) is 0 Å². The molecule has 6 nitrogen and oxygen atoms in total. The Balaban J connectivity index is 1.33. The van der Waals surface area contributed by atoms with Crippen LogP contribution in [-0.2, 0) is 16.0 Å². The molecular formula is C26H24N2O4. The van der Waals surface area contributed by atoms with E-state index in [1.807, 2.05) is 54.6 Å². The Morgan fingerprint density at radius 1 is 1.19 bits per heavy atom. The first-order valence-corrected chi connectivity index (χ1v) is 10.7. The van der Waals surface area contributed by atoms with Crippen molar-refractivity contribution in [3.05, 3.63) is 83.6 Å². The SMILES string of the molecule is C=C1CC2COC(=O)C2(Cc2ccc(NC(=O)c3c(-c4ccccc4)noc3C)cc2)C1. The molecule has 6 heteroatoms. The van der Waals surface area contributed by atoms with Gasteiger partial charge in [-0.2, -0.15) is 0 Å². The summed E-state index contributed by atoms with van der Waals surface area (Å²) >= 11 is 0. The number of hydrogen-bond donors (Lipinski definition) is 1. The number of ether oxygens (including phenoxy) is 1. The summed E-state index contributed by atoms with van der Waals surface area (Å²) in [5.74, 6) is 0.273. The van der Waals surface area contributed by atoms with Crippen molar-refractivity contribution < 1.29 is 18.8 Å². The van der Waals surface area contributed by atoms with Gasteiger partial charge in [0.25, 0.3) is 5.91 Å². The quantitative estimate of drug-likeness (QED) is 0.459. The molecule has 5 rings (SSSR count). The zero-order valence-corrected chi connectivity index (χ0v) is 17.9. The summed E-state index contributed by atoms with van der Waals surface area (Å²) in [4.78, 5) is 25.5. The molecule has 2 heterocycles. The highest BCUT2D eigenvalue weighted by Crippen LogP contribution is 2.52. The minimum atomic E-state index is -0.494. The summed E-state index contributed by atoms with van der Waals surface area (Å²) in [6.07, 6.45) is 2.15. The van der Waals surface area contributed by atoms with Crippen LogP contribution in [0.5, 0.6) is 0 Å². The normalized spacial score (nSPS) is 22.0. The van der Waals surface area contributed by atoms with Crippen molar-refractivity contribution in [2.75, 3.05) is 11.9 Å². The third-order valence-electron chi connectivity index (χ3n) is 6.57. The van der Waals surface area contributed by atoms with Crippen LogP contribution >= 0.6 is 0 Å². The van der Waals surface area contributed by atoms with Gasteiger partial charge in [-0.3, -0.25) is 9.59 Å². The van der Waals surface area contributed by atoms with Crippen LogP contribution in [0.1, 0.15) is 34.5 Å². The molecule has 1 aliphatic heterocycles. The van der Waals surface area contributed by atoms with Gasteiger partial charge in [0.05, 0.1) is 12.0 Å². The highest BCUT2D eigenvalue weighted by molar-refractivity contribution is 6.08. The van der Waals surface area contributed by atoms with E-state index in [0.29, 0.717) is 42.2 Å². The predicted octanol–water partition coefficient (Wildman–Crippen LogP) is 4.95. The molecule has 32 heavy (non-hydrogen) atoms. The Hall–Kier alpha value is -3.67. The lowest BCUT2D eigenvalue weighted by molar-refractivity contribution is -0.146. The largest absolute Gasteiger partial charge is 0.465 e. The van der Waals surface area contributed by atoms with Crippen LogP contribution in [0.2, 0.25) is 0 Å². The number of amides is 1. The average molecular weight is 428 g/mol. The molecule has 3 aromatic rings. The first kappa shape index (κ1) is 20.2. The van der Waals surface area contributed by atoms with Crippen molar-refractivity contribution in [2.24, 2.45) is 11.3 Å². The number of aryl methyl sites for hydroxylation is 1. The predicted molar refractivity (Wildman–Crippen MR) is 120 cm³/mol. The summed E-state index contributed by atoms with van der Waals surface area (Å²) in [5.41, 5.74) is 4.08. The number of carbonyl (C=O) groups is 2. The van der Waals surface area contributed by atoms with E-state index in [0.717, 1.165) is 23.1 Å². The molecule has 2 fully saturated rings. The molecule has 1 aliphatic carbocycles. The van der Waals surface area contributed by atoms with Crippen LogP contribution in [0.4, 0.5) is 5.69 Å². The van der Waals surface area contributed by atoms with E-state index in [1.165, 1.54) is 0 Å². The number of anilines is 1. The van der Waals surface area contributed by atoms with Crippen LogP contribution in [0, 0.1) is 18.3 Å². The number of nitrogens with zero attached hydrogens (tertiary/aromatic N) is 1. The van der Waals surface area contributed by atoms with Gasteiger partial charge in [0, 0.05) is 17.2 Å². The maximum Gasteiger partial charge on any atom is 0.313 e. The molecule has 2 aromatic carbocycles. The number of carbonyl (C=O) groups excluding carboxylic acids is 2. The second-order valence-corrected chi connectivity index (χ2v) is 8.74. The standard InChI is InChI=1S/C26H24N2O4/c1-16-12-20-15-31-25(30)26(20,13-16)14-18-8-10-21(11-9-18)27-24(29)22-17(2)32-28-23(22)19-6-4-3-5-7-19/h3-11,20H,1,12-15H2,2H3,(H,27,29). The maximum absolute atomic E-state index is 13.0. The number of allylic oxidation sites excluding steroid dienone is 1. The van der Waals surface area contributed by atoms with Crippen molar-refractivity contribution >= 4 is 17.6 Å². The van der Waals surface area contributed by atoms with E-state index < -0.39 is 5.41 Å². The van der Waals surface area contributed by atoms with Gasteiger partial charge in [-0.25, -0.2) is 0 Å². The van der Waals surface area contributed by atoms with E-state index in [4.69, 9.17) is 9.26 Å². The first-order valence-electron chi connectivity index (χ1n) is 10.7. The third kappa shape index (κ3) is 3.42. The number of nitrogens with one attached hydrogen (secondary N) is 1. The fraction of sp³-hybridized carbons (Fsp3) is 0.269. The lowest BCUT2D eigenvalue weighted by atomic mass is 9.75. The van der Waals surface area contributed by atoms with E-state index in [2.05, 4.69) is 17.1 Å². The molecule has 1 aromatic heterocycles. The molecule has 162 valence electrons. The number of hydrogen-bond acceptors (Lipinski definition) is 5. The summed E-state index contributed by atoms with van der Waals surface area (Å²) in [7, 11) is 0. The first-order chi connectivity index (χ1) is 15.5. The molecular weight excluding hydrogens is 404 g/mol. The average Bonchev–Trinajstić information content (AvgIpc) is 3.42. The van der Waals surface area contributed by atoms with Crippen LogP contribution in [0.15, 0.2) is 71.3 Å². The Morgan fingerprint density at radius 2 is 1.94 bits per heavy atom. The smallest absolute Gasteiger partial charge is 0.313 e. The molecule has 0 spiro atoms. The number of cyclic esters (lactones) is 1. The molecule has 1 amide bonds. The van der Waals surface area contributed by atoms with Crippen molar-refractivity contribution in [3.63, 3.8) is 0 Å². The minimum Gasteiger partial charge on any atom is -0.465 e. The van der Waals surface area contributed by atoms with Gasteiger partial charge in [0.15, 0.2) is 0 Å². The van der Waals surface area contributed by atoms with Crippen LogP contribution in [0.25, 0.3) is 11.3 Å². The van der Waals surface area contributed by atoms with E-state index in [-0.39, 0.29) is 17.8 Å². The maximum atomic E-state index is 13.0. The molecule has 0 radical (unpaired) electrons. The van der Waals surface area contributed by atoms with Crippen molar-refractivity contribution in [1.82, 2.24) is 5.16 Å². The Kier molecular flexibility index (Phi) is 4.93. The highest BCUT2D eigenvalue weighted by Gasteiger charge is 2.55. The number of fused-ring (bicyclic) bond motifs is 1. The van der Waals surface area contributed by atoms with E-state index >= 15 is 0 Å². The van der Waals surface area contributed by atoms with Gasteiger partial charge in [0.1, 0.15) is 17.0 Å². The molecule has 2 aliphatic rings. The monoisotopic (exact) mass is 428 g/mol. The Bertz CT molecular complexity index is 1200. The zero-order valence-electron chi connectivity index (χ0n) is 17.9. The number of rotatable bonds is 5. The third-order valence-corrected chi connectivity index (χ3v) is 6.57. The van der Waals surface area contributed by atoms with Crippen LogP contribution in [0.3, 0.4) is 0 Å². The van der Waals surface area contributed by atoms with Crippen molar-refractivity contribution in [1.29, 1.82) is 0 Å². The van der Waals surface area contributed by atoms with Gasteiger partial charge < -0.3 is 14.6 Å². The molecule has 1 N–H and O–H groups in total. The van der Waals surface area contributed by atoms with E-state index in [9.17, 15) is 9.59 Å². The van der Waals surface area contributed by atoms with Crippen molar-refractivity contribution in [3.8, 4) is 11.3 Å². The van der Waals surface area contributed by atoms with Crippen molar-refractivity contribution in [2.45, 2.75) is 26.2 Å². The Morgan fingerprint density at radius 3 is 2.69 bits per heavy atom. The van der Waals surface area contributed by atoms with E-state index in [1.54, 1.807) is 6.92 Å². The van der Waals surface area contributed by atoms with Gasteiger partial charge >= 0.3 is 5.97 Å². The lowest BCUT2D eigenvalue weighted by Gasteiger charge is -2.24. The molecule has 1 saturated carbocycles. The van der Waals surface area contributed by atoms with Gasteiger partial charge in [0.2, 0.25) is 0 Å². The second-order valence-electron chi connectivity index (χ2n) is 8.74. The summed E-state index contributed by atoms with van der Waals surface area (Å²) in [6.45, 7) is 6.30. The van der Waals surface area contributed by atoms with Crippen LogP contribution < -0.4 is 5.32 Å². The zero-order chi connectivity index (χ0) is 22.3. The van der Waals surface area contributed by atoms with Crippen LogP contribution in [-0.4, -0.2) is 23.6 Å². The molecule has 2 atom stereocenters. The lowest BCUT2D eigenvalue weighted by Crippen LogP contribution is -2.31. The summed E-state index contributed by atoms with van der Waals surface area (Å²) < 4.78 is 10.7. The fourth-order valence-electron chi connectivity index (χ4n) is 4.96. The fourth-order valence-corrected chi connectivity index (χ4v) is 4.96. The van der Waals surface area contributed by atoms with Gasteiger partial charge in [-0.1, -0.05) is 59.8 Å².